The molecule has 0 spiro atoms. The number of hydrogen-bond donors (Lipinski definition) is 0. The number of nitriles is 2. The average molecular weight is 881 g/mol. The van der Waals surface area contributed by atoms with Gasteiger partial charge in [0.1, 0.15) is 17.2 Å². The molecule has 0 aliphatic heterocycles. The Labute approximate surface area is 393 Å². The van der Waals surface area contributed by atoms with Crippen LogP contribution in [0.1, 0.15) is 124 Å². The van der Waals surface area contributed by atoms with Crippen molar-refractivity contribution in [2.45, 2.75) is 103 Å². The normalized spacial score (nSPS) is 10.8. The Morgan fingerprint density at radius 1 is 0.318 bits per heavy atom. The predicted molar refractivity (Wildman–Crippen MR) is 266 cm³/mol. The van der Waals surface area contributed by atoms with E-state index in [1.807, 2.05) is 109 Å². The van der Waals surface area contributed by atoms with Gasteiger partial charge in [0.05, 0.1) is 55.3 Å². The zero-order valence-corrected chi connectivity index (χ0v) is 38.4. The van der Waals surface area contributed by atoms with Gasteiger partial charge in [-0.05, 0) is 132 Å². The fourth-order valence-electron chi connectivity index (χ4n) is 7.85. The van der Waals surface area contributed by atoms with E-state index in [0.717, 1.165) is 115 Å². The zero-order valence-electron chi connectivity index (χ0n) is 38.4. The van der Waals surface area contributed by atoms with Crippen LogP contribution in [-0.4, -0.2) is 32.4 Å². The third-order valence-corrected chi connectivity index (χ3v) is 11.8. The quantitative estimate of drug-likeness (QED) is 0.0341. The van der Waals surface area contributed by atoms with E-state index in [0.29, 0.717) is 23.3 Å². The summed E-state index contributed by atoms with van der Waals surface area (Å²) in [6.07, 6.45) is 18.4. The van der Waals surface area contributed by atoms with Crippen molar-refractivity contribution in [3.8, 4) is 62.8 Å². The molecule has 340 valence electrons. The number of ether oxygens (including phenoxy) is 4. The Bertz CT molecular complexity index is 2380. The molecular formula is C59H64N2O5. The molecule has 6 rings (SSSR count). The third kappa shape index (κ3) is 16.9. The van der Waals surface area contributed by atoms with Gasteiger partial charge in [0.15, 0.2) is 0 Å². The monoisotopic (exact) mass is 880 g/mol. The molecule has 0 N–H and O–H groups in total. The van der Waals surface area contributed by atoms with E-state index in [4.69, 9.17) is 29.5 Å². The second-order valence-electron chi connectivity index (χ2n) is 16.9. The van der Waals surface area contributed by atoms with Crippen molar-refractivity contribution < 1.29 is 23.7 Å². The van der Waals surface area contributed by atoms with Gasteiger partial charge in [0.25, 0.3) is 0 Å². The van der Waals surface area contributed by atoms with Gasteiger partial charge in [-0.2, -0.15) is 10.5 Å². The smallest absolute Gasteiger partial charge is 0.338 e. The highest BCUT2D eigenvalue weighted by atomic mass is 16.5. The van der Waals surface area contributed by atoms with Crippen LogP contribution < -0.4 is 14.2 Å². The highest BCUT2D eigenvalue weighted by Crippen LogP contribution is 2.26. The summed E-state index contributed by atoms with van der Waals surface area (Å²) in [5.74, 6) is 2.40. The lowest BCUT2D eigenvalue weighted by Gasteiger charge is -2.09. The van der Waals surface area contributed by atoms with Crippen molar-refractivity contribution in [3.63, 3.8) is 0 Å². The fourth-order valence-corrected chi connectivity index (χ4v) is 7.85. The Kier molecular flexibility index (Phi) is 20.7. The summed E-state index contributed by atoms with van der Waals surface area (Å²) in [6, 6.07) is 51.7. The molecule has 0 saturated carbocycles. The molecular weight excluding hydrogens is 817 g/mol. The van der Waals surface area contributed by atoms with Crippen LogP contribution in [0.2, 0.25) is 0 Å². The lowest BCUT2D eigenvalue weighted by molar-refractivity contribution is 0.0497. The Morgan fingerprint density at radius 2 is 0.561 bits per heavy atom. The van der Waals surface area contributed by atoms with Gasteiger partial charge >= 0.3 is 5.97 Å². The first-order chi connectivity index (χ1) is 32.6. The topological polar surface area (TPSA) is 102 Å². The Morgan fingerprint density at radius 3 is 0.848 bits per heavy atom. The van der Waals surface area contributed by atoms with E-state index >= 15 is 0 Å². The largest absolute Gasteiger partial charge is 0.494 e. The molecule has 0 radical (unpaired) electrons. The van der Waals surface area contributed by atoms with E-state index in [2.05, 4.69) is 48.5 Å². The van der Waals surface area contributed by atoms with Crippen molar-refractivity contribution in [1.82, 2.24) is 0 Å². The maximum atomic E-state index is 12.7. The van der Waals surface area contributed by atoms with Crippen molar-refractivity contribution in [2.75, 3.05) is 26.4 Å². The molecule has 0 saturated heterocycles. The second kappa shape index (κ2) is 28.2. The summed E-state index contributed by atoms with van der Waals surface area (Å²) in [5.41, 5.74) is 8.46. The summed E-state index contributed by atoms with van der Waals surface area (Å²) < 4.78 is 23.5. The van der Waals surface area contributed by atoms with Gasteiger partial charge in [0, 0.05) is 0 Å². The number of hydrogen-bond acceptors (Lipinski definition) is 7. The Balaban J connectivity index is 0.712. The number of rotatable bonds is 29. The number of unbranched alkanes of at least 4 members (excludes halogenated alkanes) is 14. The minimum Gasteiger partial charge on any atom is -0.494 e. The van der Waals surface area contributed by atoms with Gasteiger partial charge in [0.2, 0.25) is 0 Å². The van der Waals surface area contributed by atoms with E-state index in [-0.39, 0.29) is 5.97 Å². The zero-order chi connectivity index (χ0) is 45.9. The molecule has 6 aromatic rings. The maximum absolute atomic E-state index is 12.7. The summed E-state index contributed by atoms with van der Waals surface area (Å²) >= 11 is 0. The summed E-state index contributed by atoms with van der Waals surface area (Å²) in [4.78, 5) is 12.7. The van der Waals surface area contributed by atoms with E-state index in [9.17, 15) is 4.79 Å². The summed E-state index contributed by atoms with van der Waals surface area (Å²) in [6.45, 7) is 2.63. The van der Waals surface area contributed by atoms with Crippen LogP contribution in [-0.2, 0) is 4.74 Å². The van der Waals surface area contributed by atoms with Crippen molar-refractivity contribution in [3.05, 3.63) is 162 Å². The molecule has 66 heavy (non-hydrogen) atoms. The SMILES string of the molecule is N#Cc1ccc(-c2ccc(OCCCCCCCCCCOC(=O)c3ccc(-c4ccc(OCCCCCCCCCCOc5ccc(-c6ccc(C#N)cc6)cc5)cc4)cc3)cc2)cc1. The highest BCUT2D eigenvalue weighted by Gasteiger charge is 2.09. The van der Waals surface area contributed by atoms with E-state index in [1.165, 1.54) is 57.8 Å². The standard InChI is InChI=1S/C59H64N2O5/c60-45-47-17-21-49(22-18-47)52-29-35-56(36-30-52)63-41-13-9-5-1-2-6-10-14-43-65-58-39-33-54(34-40-58)51-25-27-55(28-26-51)59(62)66-44-16-12-8-4-3-7-11-15-42-64-57-37-31-53(32-38-57)50-23-19-48(46-61)20-24-50/h17-40H,1-16,41-44H2. The van der Waals surface area contributed by atoms with E-state index in [1.54, 1.807) is 0 Å². The predicted octanol–water partition coefficient (Wildman–Crippen LogP) is 15.4. The first-order valence-electron chi connectivity index (χ1n) is 24.1. The number of nitrogens with zero attached hydrogens (tertiary/aromatic N) is 2. The first kappa shape index (κ1) is 48.6. The summed E-state index contributed by atoms with van der Waals surface area (Å²) in [7, 11) is 0. The van der Waals surface area contributed by atoms with Gasteiger partial charge in [-0.15, -0.1) is 0 Å². The molecule has 0 aliphatic rings. The Hall–Kier alpha value is -6.83. The molecule has 0 aliphatic carbocycles. The molecule has 7 nitrogen and oxygen atoms in total. The molecule has 0 fully saturated rings. The number of carbonyl (C=O) groups excluding carboxylic acids is 1. The molecule has 6 aromatic carbocycles. The van der Waals surface area contributed by atoms with Crippen molar-refractivity contribution >= 4 is 5.97 Å². The van der Waals surface area contributed by atoms with Crippen LogP contribution in [0, 0.1) is 22.7 Å². The first-order valence-corrected chi connectivity index (χ1v) is 24.1. The second-order valence-corrected chi connectivity index (χ2v) is 16.9. The van der Waals surface area contributed by atoms with Gasteiger partial charge in [-0.25, -0.2) is 4.79 Å². The number of esters is 1. The molecule has 0 heterocycles. The van der Waals surface area contributed by atoms with Crippen LogP contribution in [0.4, 0.5) is 0 Å². The minimum absolute atomic E-state index is 0.266. The van der Waals surface area contributed by atoms with Crippen molar-refractivity contribution in [1.29, 1.82) is 10.5 Å². The van der Waals surface area contributed by atoms with Crippen LogP contribution >= 0.6 is 0 Å². The molecule has 0 aromatic heterocycles. The molecule has 0 amide bonds. The van der Waals surface area contributed by atoms with Crippen LogP contribution in [0.25, 0.3) is 33.4 Å². The average Bonchev–Trinajstić information content (AvgIpc) is 3.37. The van der Waals surface area contributed by atoms with Crippen molar-refractivity contribution in [2.24, 2.45) is 0 Å². The molecule has 0 atom stereocenters. The van der Waals surface area contributed by atoms with Gasteiger partial charge in [-0.1, -0.05) is 150 Å². The highest BCUT2D eigenvalue weighted by molar-refractivity contribution is 5.90. The van der Waals surface area contributed by atoms with Crippen LogP contribution in [0.15, 0.2) is 146 Å². The van der Waals surface area contributed by atoms with Gasteiger partial charge in [-0.3, -0.25) is 0 Å². The van der Waals surface area contributed by atoms with Crippen LogP contribution in [0.5, 0.6) is 17.2 Å². The van der Waals surface area contributed by atoms with Crippen LogP contribution in [0.3, 0.4) is 0 Å². The van der Waals surface area contributed by atoms with E-state index < -0.39 is 0 Å². The maximum Gasteiger partial charge on any atom is 0.338 e. The third-order valence-electron chi connectivity index (χ3n) is 11.8. The molecule has 7 heteroatoms. The number of carbonyl (C=O) groups is 1. The van der Waals surface area contributed by atoms with Gasteiger partial charge < -0.3 is 18.9 Å². The molecule has 0 bridgehead atoms. The molecule has 0 unspecified atom stereocenters. The lowest BCUT2D eigenvalue weighted by Crippen LogP contribution is -2.06. The minimum atomic E-state index is -0.266. The summed E-state index contributed by atoms with van der Waals surface area (Å²) in [5, 5.41) is 18.0. The fraction of sp³-hybridized carbons (Fsp3) is 0.339. The number of benzene rings is 6. The lowest BCUT2D eigenvalue weighted by atomic mass is 10.0.